The Balaban J connectivity index is 1.93. The van der Waals surface area contributed by atoms with Crippen LogP contribution >= 0.6 is 12.2 Å². The van der Waals surface area contributed by atoms with Gasteiger partial charge in [-0.1, -0.05) is 18.2 Å². The van der Waals surface area contributed by atoms with Crippen LogP contribution in [-0.4, -0.2) is 14.7 Å². The number of halogens is 1. The van der Waals surface area contributed by atoms with Crippen LogP contribution in [0.15, 0.2) is 69.1 Å². The van der Waals surface area contributed by atoms with E-state index in [1.54, 1.807) is 18.2 Å². The third kappa shape index (κ3) is 2.76. The summed E-state index contributed by atoms with van der Waals surface area (Å²) in [5.41, 5.74) is -0.376. The van der Waals surface area contributed by atoms with Crippen LogP contribution in [-0.2, 0) is 0 Å². The molecule has 0 fully saturated rings. The first-order chi connectivity index (χ1) is 12.5. The molecule has 4 rings (SSSR count). The van der Waals surface area contributed by atoms with Crippen LogP contribution in [0.3, 0.4) is 0 Å². The molecule has 2 N–H and O–H groups in total. The molecule has 0 saturated carbocycles. The van der Waals surface area contributed by atoms with Gasteiger partial charge in [-0.3, -0.25) is 14.3 Å². The van der Waals surface area contributed by atoms with E-state index < -0.39 is 17.3 Å². The van der Waals surface area contributed by atoms with Crippen molar-refractivity contribution in [1.82, 2.24) is 9.55 Å². The number of aromatic amines is 1. The Morgan fingerprint density at radius 1 is 1.12 bits per heavy atom. The number of nitrogens with zero attached hydrogens (tertiary/aromatic N) is 3. The van der Waals surface area contributed by atoms with E-state index >= 15 is 0 Å². The fourth-order valence-electron chi connectivity index (χ4n) is 2.64. The van der Waals surface area contributed by atoms with Crippen molar-refractivity contribution < 1.29 is 9.50 Å². The van der Waals surface area contributed by atoms with Gasteiger partial charge in [-0.2, -0.15) is 0 Å². The highest BCUT2D eigenvalue weighted by atomic mass is 32.1. The number of aromatic nitrogens is 2. The van der Waals surface area contributed by atoms with Crippen molar-refractivity contribution >= 4 is 18.3 Å². The Labute approximate surface area is 151 Å². The molecule has 6 nitrogen and oxygen atoms in total. The zero-order chi connectivity index (χ0) is 18.3. The molecule has 0 amide bonds. The van der Waals surface area contributed by atoms with Crippen molar-refractivity contribution in [2.75, 3.05) is 0 Å². The molecule has 3 aromatic rings. The second-order valence-corrected chi connectivity index (χ2v) is 5.91. The van der Waals surface area contributed by atoms with E-state index in [1.165, 1.54) is 28.8 Å². The number of hydrogen-bond donors (Lipinski definition) is 2. The van der Waals surface area contributed by atoms with Crippen molar-refractivity contribution in [3.63, 3.8) is 0 Å². The predicted molar refractivity (Wildman–Crippen MR) is 95.6 cm³/mol. The molecule has 0 atom stereocenters. The summed E-state index contributed by atoms with van der Waals surface area (Å²) in [6.07, 6.45) is 1.36. The summed E-state index contributed by atoms with van der Waals surface area (Å²) < 4.78 is 14.7. The lowest BCUT2D eigenvalue weighted by atomic mass is 10.2. The molecule has 8 heteroatoms. The predicted octanol–water partition coefficient (Wildman–Crippen LogP) is 1.99. The maximum absolute atomic E-state index is 13.5. The van der Waals surface area contributed by atoms with Gasteiger partial charge < -0.3 is 5.11 Å². The summed E-state index contributed by atoms with van der Waals surface area (Å²) in [6.45, 7) is 0. The molecule has 0 saturated heterocycles. The number of fused-ring (bicyclic) bond motifs is 1. The number of aromatic hydroxyl groups is 1. The lowest BCUT2D eigenvalue weighted by Gasteiger charge is -2.11. The number of hydrogen-bond acceptors (Lipinski definition) is 5. The lowest BCUT2D eigenvalue weighted by molar-refractivity contribution is 0.431. The van der Waals surface area contributed by atoms with Crippen LogP contribution in [0.4, 0.5) is 4.39 Å². The summed E-state index contributed by atoms with van der Waals surface area (Å²) in [6, 6.07) is 12.8. The number of H-pyrrole nitrogens is 1. The first-order valence-electron chi connectivity index (χ1n) is 7.61. The minimum Gasteiger partial charge on any atom is -0.494 e. The van der Waals surface area contributed by atoms with Gasteiger partial charge in [0.1, 0.15) is 11.4 Å². The highest BCUT2D eigenvalue weighted by molar-refractivity contribution is 7.71. The average Bonchev–Trinajstić information content (AvgIpc) is 3.01. The third-order valence-corrected chi connectivity index (χ3v) is 4.10. The molecule has 26 heavy (non-hydrogen) atoms. The average molecular weight is 366 g/mol. The van der Waals surface area contributed by atoms with E-state index in [0.29, 0.717) is 10.7 Å². The topological polar surface area (TPSA) is 82.7 Å². The molecule has 0 unspecified atom stereocenters. The lowest BCUT2D eigenvalue weighted by Crippen LogP contribution is -2.19. The van der Waals surface area contributed by atoms with Crippen LogP contribution < -0.4 is 16.3 Å². The Hall–Kier alpha value is -3.39. The van der Waals surface area contributed by atoms with Gasteiger partial charge >= 0.3 is 0 Å². The summed E-state index contributed by atoms with van der Waals surface area (Å²) in [7, 11) is 0. The fraction of sp³-hybridized carbons (Fsp3) is 0. The summed E-state index contributed by atoms with van der Waals surface area (Å²) in [5, 5.41) is 11.9. The standard InChI is InChI=1S/C18H11FN4O2S/c19-10-4-3-5-11(8-10)23-17(25)12(16(24)22-18(23)26)9-15-20-13-6-1-2-7-14(13)21-15/h1-9,25H,(H,22,24,26). The van der Waals surface area contributed by atoms with E-state index in [2.05, 4.69) is 15.0 Å². The largest absolute Gasteiger partial charge is 0.494 e. The van der Waals surface area contributed by atoms with E-state index in [9.17, 15) is 14.3 Å². The van der Waals surface area contributed by atoms with Gasteiger partial charge in [0, 0.05) is 6.08 Å². The molecule has 2 aromatic carbocycles. The van der Waals surface area contributed by atoms with Crippen LogP contribution in [0.5, 0.6) is 5.88 Å². The SMILES string of the molecule is O=c1[nH]c(=S)n(-c2cccc(F)c2)c(O)c1C=C1N=c2ccccc2=N1. The molecule has 128 valence electrons. The number of rotatable bonds is 2. The Morgan fingerprint density at radius 3 is 2.46 bits per heavy atom. The van der Waals surface area contributed by atoms with Gasteiger partial charge in [0.25, 0.3) is 5.56 Å². The van der Waals surface area contributed by atoms with Crippen LogP contribution in [0, 0.1) is 10.6 Å². The molecular formula is C18H11FN4O2S. The molecule has 0 aliphatic carbocycles. The van der Waals surface area contributed by atoms with Gasteiger partial charge in [-0.15, -0.1) is 0 Å². The first-order valence-corrected chi connectivity index (χ1v) is 8.02. The summed E-state index contributed by atoms with van der Waals surface area (Å²) in [4.78, 5) is 23.4. The van der Waals surface area contributed by atoms with Crippen molar-refractivity contribution in [3.05, 3.63) is 91.6 Å². The highest BCUT2D eigenvalue weighted by Gasteiger charge is 2.14. The summed E-state index contributed by atoms with van der Waals surface area (Å²) in [5.74, 6) is -0.640. The van der Waals surface area contributed by atoms with Gasteiger partial charge in [0.15, 0.2) is 10.6 Å². The second-order valence-electron chi connectivity index (χ2n) is 5.53. The van der Waals surface area contributed by atoms with Crippen molar-refractivity contribution in [2.45, 2.75) is 0 Å². The smallest absolute Gasteiger partial charge is 0.262 e. The molecule has 0 radical (unpaired) electrons. The highest BCUT2D eigenvalue weighted by Crippen LogP contribution is 2.22. The van der Waals surface area contributed by atoms with Gasteiger partial charge in [-0.05, 0) is 42.5 Å². The van der Waals surface area contributed by atoms with Crippen molar-refractivity contribution in [3.8, 4) is 11.6 Å². The normalized spacial score (nSPS) is 12.3. The maximum atomic E-state index is 13.5. The molecular weight excluding hydrogens is 355 g/mol. The van der Waals surface area contributed by atoms with Crippen LogP contribution in [0.25, 0.3) is 11.8 Å². The molecule has 1 aromatic heterocycles. The van der Waals surface area contributed by atoms with Gasteiger partial charge in [0.2, 0.25) is 5.88 Å². The van der Waals surface area contributed by atoms with E-state index in [-0.39, 0.29) is 21.8 Å². The molecule has 2 heterocycles. The fourth-order valence-corrected chi connectivity index (χ4v) is 2.93. The zero-order valence-electron chi connectivity index (χ0n) is 13.2. The monoisotopic (exact) mass is 366 g/mol. The van der Waals surface area contributed by atoms with Gasteiger partial charge in [-0.25, -0.2) is 14.4 Å². The van der Waals surface area contributed by atoms with E-state index in [1.807, 2.05) is 12.1 Å². The minimum absolute atomic E-state index is 0.0520. The van der Waals surface area contributed by atoms with Crippen molar-refractivity contribution in [1.29, 1.82) is 0 Å². The minimum atomic E-state index is -0.589. The van der Waals surface area contributed by atoms with Crippen LogP contribution in [0.2, 0.25) is 0 Å². The van der Waals surface area contributed by atoms with E-state index in [0.717, 1.165) is 0 Å². The molecule has 0 bridgehead atoms. The zero-order valence-corrected chi connectivity index (χ0v) is 14.0. The quantitative estimate of drug-likeness (QED) is 0.681. The van der Waals surface area contributed by atoms with Gasteiger partial charge in [0.05, 0.1) is 16.4 Å². The number of nitrogens with one attached hydrogen (secondary N) is 1. The number of para-hydroxylation sites is 2. The van der Waals surface area contributed by atoms with Crippen molar-refractivity contribution in [2.24, 2.45) is 9.98 Å². The Bertz CT molecular complexity index is 1270. The summed E-state index contributed by atoms with van der Waals surface area (Å²) >= 11 is 5.11. The van der Waals surface area contributed by atoms with E-state index in [4.69, 9.17) is 12.2 Å². The second kappa shape index (κ2) is 6.16. The van der Waals surface area contributed by atoms with Crippen LogP contribution in [0.1, 0.15) is 5.56 Å². The molecule has 1 aliphatic heterocycles. The maximum Gasteiger partial charge on any atom is 0.262 e. The Kier molecular flexibility index (Phi) is 3.81. The molecule has 0 spiro atoms. The Morgan fingerprint density at radius 2 is 1.81 bits per heavy atom. The third-order valence-electron chi connectivity index (χ3n) is 3.81. The molecule has 1 aliphatic rings. The number of benzene rings is 2. The first kappa shape index (κ1) is 16.1.